The number of nitrogens with one attached hydrogen (secondary N) is 1. The Labute approximate surface area is 117 Å². The molecule has 0 saturated carbocycles. The predicted molar refractivity (Wildman–Crippen MR) is 78.1 cm³/mol. The summed E-state index contributed by atoms with van der Waals surface area (Å²) in [5.41, 5.74) is 0. The van der Waals surface area contributed by atoms with Gasteiger partial charge < -0.3 is 15.0 Å². The van der Waals surface area contributed by atoms with Crippen LogP contribution in [0.4, 0.5) is 0 Å². The minimum Gasteiger partial charge on any atom is -0.377 e. The Balaban J connectivity index is 2.09. The number of nitrogens with zero attached hydrogens (tertiary/aromatic N) is 1. The third-order valence-corrected chi connectivity index (χ3v) is 3.57. The van der Waals surface area contributed by atoms with Gasteiger partial charge in [-0.2, -0.15) is 0 Å². The first-order valence-electron chi connectivity index (χ1n) is 7.45. The first-order valence-corrected chi connectivity index (χ1v) is 7.45. The summed E-state index contributed by atoms with van der Waals surface area (Å²) in [6.07, 6.45) is 5.41. The van der Waals surface area contributed by atoms with Gasteiger partial charge in [0, 0.05) is 26.1 Å². The molecule has 0 aromatic heterocycles. The second-order valence-electron chi connectivity index (χ2n) is 5.10. The van der Waals surface area contributed by atoms with Crippen LogP contribution in [-0.2, 0) is 9.53 Å². The van der Waals surface area contributed by atoms with Gasteiger partial charge in [-0.25, -0.2) is 0 Å². The smallest absolute Gasteiger partial charge is 0.222 e. The maximum absolute atomic E-state index is 12.0. The topological polar surface area (TPSA) is 41.6 Å². The lowest BCUT2D eigenvalue weighted by Gasteiger charge is -2.32. The normalized spacial score (nSPS) is 16.6. The lowest BCUT2D eigenvalue weighted by atomic mass is 9.96. The molecule has 4 nitrogen and oxygen atoms in total. The fourth-order valence-electron chi connectivity index (χ4n) is 2.39. The van der Waals surface area contributed by atoms with Crippen molar-refractivity contribution in [1.29, 1.82) is 0 Å². The van der Waals surface area contributed by atoms with E-state index in [1.807, 2.05) is 4.90 Å². The maximum Gasteiger partial charge on any atom is 0.222 e. The van der Waals surface area contributed by atoms with Gasteiger partial charge in [-0.3, -0.25) is 4.79 Å². The zero-order valence-corrected chi connectivity index (χ0v) is 12.2. The second kappa shape index (κ2) is 9.98. The molecule has 0 aromatic rings. The minimum atomic E-state index is 0.282. The van der Waals surface area contributed by atoms with Gasteiger partial charge in [0.2, 0.25) is 5.91 Å². The first-order chi connectivity index (χ1) is 9.27. The minimum absolute atomic E-state index is 0.282. The molecule has 1 aliphatic heterocycles. The van der Waals surface area contributed by atoms with Crippen molar-refractivity contribution in [3.8, 4) is 0 Å². The van der Waals surface area contributed by atoms with Crippen LogP contribution in [0.3, 0.4) is 0 Å². The van der Waals surface area contributed by atoms with E-state index in [1.54, 1.807) is 6.08 Å². The molecule has 0 spiro atoms. The standard InChI is InChI=1S/C15H28N2O2/c1-3-11-19-12-5-6-15(18)17-9-7-14(8-10-17)13-16-4-2/h3,14,16H,1,4-13H2,2H3. The molecule has 0 atom stereocenters. The van der Waals surface area contributed by atoms with Crippen LogP contribution in [0.5, 0.6) is 0 Å². The van der Waals surface area contributed by atoms with Crippen molar-refractivity contribution >= 4 is 5.91 Å². The molecule has 1 saturated heterocycles. The van der Waals surface area contributed by atoms with Crippen molar-refractivity contribution in [3.63, 3.8) is 0 Å². The molecule has 0 aliphatic carbocycles. The molecule has 0 radical (unpaired) electrons. The summed E-state index contributed by atoms with van der Waals surface area (Å²) >= 11 is 0. The number of hydrogen-bond acceptors (Lipinski definition) is 3. The Bertz CT molecular complexity index is 261. The van der Waals surface area contributed by atoms with Crippen molar-refractivity contribution in [1.82, 2.24) is 10.2 Å². The molecular weight excluding hydrogens is 240 g/mol. The van der Waals surface area contributed by atoms with Gasteiger partial charge in [-0.15, -0.1) is 6.58 Å². The van der Waals surface area contributed by atoms with Crippen molar-refractivity contribution in [2.45, 2.75) is 32.6 Å². The SMILES string of the molecule is C=CCOCCCC(=O)N1CCC(CNCC)CC1. The number of ether oxygens (including phenoxy) is 1. The number of piperidine rings is 1. The highest BCUT2D eigenvalue weighted by Gasteiger charge is 2.21. The van der Waals surface area contributed by atoms with Crippen LogP contribution >= 0.6 is 0 Å². The third-order valence-electron chi connectivity index (χ3n) is 3.57. The molecule has 4 heteroatoms. The predicted octanol–water partition coefficient (Wildman–Crippen LogP) is 1.82. The first kappa shape index (κ1) is 16.2. The molecule has 110 valence electrons. The maximum atomic E-state index is 12.0. The number of likely N-dealkylation sites (tertiary alicyclic amines) is 1. The highest BCUT2D eigenvalue weighted by Crippen LogP contribution is 2.17. The zero-order chi connectivity index (χ0) is 13.9. The Morgan fingerprint density at radius 3 is 2.84 bits per heavy atom. The van der Waals surface area contributed by atoms with Gasteiger partial charge in [-0.1, -0.05) is 13.0 Å². The summed E-state index contributed by atoms with van der Waals surface area (Å²) in [7, 11) is 0. The molecule has 19 heavy (non-hydrogen) atoms. The largest absolute Gasteiger partial charge is 0.377 e. The monoisotopic (exact) mass is 268 g/mol. The van der Waals surface area contributed by atoms with E-state index < -0.39 is 0 Å². The number of hydrogen-bond donors (Lipinski definition) is 1. The third kappa shape index (κ3) is 6.73. The fraction of sp³-hybridized carbons (Fsp3) is 0.800. The van der Waals surface area contributed by atoms with E-state index in [0.717, 1.165) is 51.4 Å². The van der Waals surface area contributed by atoms with Crippen molar-refractivity contribution in [2.24, 2.45) is 5.92 Å². The van der Waals surface area contributed by atoms with E-state index in [4.69, 9.17) is 4.74 Å². The number of carbonyl (C=O) groups is 1. The molecular formula is C15H28N2O2. The highest BCUT2D eigenvalue weighted by molar-refractivity contribution is 5.76. The number of carbonyl (C=O) groups excluding carboxylic acids is 1. The van der Waals surface area contributed by atoms with Gasteiger partial charge in [-0.05, 0) is 38.3 Å². The average molecular weight is 268 g/mol. The Morgan fingerprint density at radius 1 is 1.47 bits per heavy atom. The Hall–Kier alpha value is -0.870. The van der Waals surface area contributed by atoms with Crippen molar-refractivity contribution < 1.29 is 9.53 Å². The Morgan fingerprint density at radius 2 is 2.21 bits per heavy atom. The van der Waals surface area contributed by atoms with Gasteiger partial charge in [0.05, 0.1) is 6.61 Å². The zero-order valence-electron chi connectivity index (χ0n) is 12.2. The molecule has 0 aromatic carbocycles. The molecule has 1 aliphatic rings. The van der Waals surface area contributed by atoms with Gasteiger partial charge in [0.25, 0.3) is 0 Å². The molecule has 0 bridgehead atoms. The van der Waals surface area contributed by atoms with E-state index in [9.17, 15) is 4.79 Å². The molecule has 1 amide bonds. The van der Waals surface area contributed by atoms with Crippen LogP contribution in [0.15, 0.2) is 12.7 Å². The summed E-state index contributed by atoms with van der Waals surface area (Å²) in [5, 5.41) is 3.39. The Kier molecular flexibility index (Phi) is 8.50. The molecule has 1 rings (SSSR count). The molecule has 1 N–H and O–H groups in total. The lowest BCUT2D eigenvalue weighted by Crippen LogP contribution is -2.40. The molecule has 0 unspecified atom stereocenters. The van der Waals surface area contributed by atoms with Crippen molar-refractivity contribution in [3.05, 3.63) is 12.7 Å². The van der Waals surface area contributed by atoms with E-state index in [1.165, 1.54) is 0 Å². The summed E-state index contributed by atoms with van der Waals surface area (Å²) < 4.78 is 5.28. The summed E-state index contributed by atoms with van der Waals surface area (Å²) in [6.45, 7) is 10.9. The van der Waals surface area contributed by atoms with E-state index >= 15 is 0 Å². The van der Waals surface area contributed by atoms with Crippen LogP contribution in [0.2, 0.25) is 0 Å². The highest BCUT2D eigenvalue weighted by atomic mass is 16.5. The van der Waals surface area contributed by atoms with Crippen LogP contribution in [0, 0.1) is 5.92 Å². The van der Waals surface area contributed by atoms with Crippen LogP contribution in [-0.4, -0.2) is 50.2 Å². The summed E-state index contributed by atoms with van der Waals surface area (Å²) in [6, 6.07) is 0. The van der Waals surface area contributed by atoms with Crippen LogP contribution in [0.25, 0.3) is 0 Å². The molecule has 1 heterocycles. The fourth-order valence-corrected chi connectivity index (χ4v) is 2.39. The second-order valence-corrected chi connectivity index (χ2v) is 5.10. The van der Waals surface area contributed by atoms with E-state index in [-0.39, 0.29) is 5.91 Å². The van der Waals surface area contributed by atoms with E-state index in [2.05, 4.69) is 18.8 Å². The average Bonchev–Trinajstić information content (AvgIpc) is 2.45. The van der Waals surface area contributed by atoms with Crippen LogP contribution < -0.4 is 5.32 Å². The lowest BCUT2D eigenvalue weighted by molar-refractivity contribution is -0.132. The summed E-state index contributed by atoms with van der Waals surface area (Å²) in [5.74, 6) is 1.02. The van der Waals surface area contributed by atoms with Crippen molar-refractivity contribution in [2.75, 3.05) is 39.4 Å². The van der Waals surface area contributed by atoms with Gasteiger partial charge >= 0.3 is 0 Å². The quantitative estimate of drug-likeness (QED) is 0.512. The van der Waals surface area contributed by atoms with Gasteiger partial charge in [0.15, 0.2) is 0 Å². The summed E-state index contributed by atoms with van der Waals surface area (Å²) in [4.78, 5) is 14.0. The van der Waals surface area contributed by atoms with Gasteiger partial charge in [0.1, 0.15) is 0 Å². The number of amides is 1. The molecule has 1 fully saturated rings. The van der Waals surface area contributed by atoms with Crippen LogP contribution in [0.1, 0.15) is 32.6 Å². The van der Waals surface area contributed by atoms with E-state index in [0.29, 0.717) is 19.6 Å². The number of rotatable bonds is 9.